The third kappa shape index (κ3) is 4.48. The molecule has 2 bridgehead atoms. The minimum absolute atomic E-state index is 0.142. The lowest BCUT2D eigenvalue weighted by atomic mass is 9.82. The first-order valence-electron chi connectivity index (χ1n) is 9.57. The van der Waals surface area contributed by atoms with E-state index >= 15 is 0 Å². The maximum Gasteiger partial charge on any atom is 0.307 e. The highest BCUT2D eigenvalue weighted by Crippen LogP contribution is 2.48. The number of carboxylic acids is 1. The van der Waals surface area contributed by atoms with Gasteiger partial charge in [-0.05, 0) is 42.5 Å². The second kappa shape index (κ2) is 8.16. The molecule has 2 aromatic rings. The molecule has 1 aromatic carbocycles. The van der Waals surface area contributed by atoms with Crippen LogP contribution >= 0.6 is 11.3 Å². The van der Waals surface area contributed by atoms with Crippen LogP contribution in [0, 0.1) is 23.7 Å². The van der Waals surface area contributed by atoms with E-state index in [0.717, 1.165) is 4.68 Å². The topological polar surface area (TPSA) is 191 Å². The fourth-order valence-electron chi connectivity index (χ4n) is 4.13. The fraction of sp³-hybridized carbons (Fsp3) is 0.333. The van der Waals surface area contributed by atoms with E-state index < -0.39 is 48.1 Å². The first kappa shape index (κ1) is 23.3. The number of rotatable bonds is 6. The van der Waals surface area contributed by atoms with Crippen LogP contribution in [0.15, 0.2) is 50.1 Å². The van der Waals surface area contributed by atoms with E-state index in [2.05, 4.69) is 14.8 Å². The third-order valence-corrected chi connectivity index (χ3v) is 9.30. The number of anilines is 1. The molecule has 4 atom stereocenters. The van der Waals surface area contributed by atoms with Crippen molar-refractivity contribution in [3.8, 4) is 0 Å². The lowest BCUT2D eigenvalue weighted by molar-refractivity contribution is -0.146. The van der Waals surface area contributed by atoms with E-state index in [0.29, 0.717) is 23.4 Å². The van der Waals surface area contributed by atoms with Crippen LogP contribution in [0.4, 0.5) is 5.69 Å². The van der Waals surface area contributed by atoms with Crippen molar-refractivity contribution in [3.63, 3.8) is 0 Å². The zero-order valence-corrected chi connectivity index (χ0v) is 19.5. The van der Waals surface area contributed by atoms with Gasteiger partial charge in [0, 0.05) is 12.7 Å². The van der Waals surface area contributed by atoms with Crippen molar-refractivity contribution in [2.75, 3.05) is 5.32 Å². The van der Waals surface area contributed by atoms with Gasteiger partial charge in [-0.3, -0.25) is 9.59 Å². The van der Waals surface area contributed by atoms with Crippen molar-refractivity contribution < 1.29 is 31.5 Å². The van der Waals surface area contributed by atoms with Crippen molar-refractivity contribution in [1.29, 1.82) is 0 Å². The Morgan fingerprint density at radius 2 is 1.76 bits per heavy atom. The molecule has 4 rings (SSSR count). The molecule has 2 aliphatic carbocycles. The predicted octanol–water partition coefficient (Wildman–Crippen LogP) is -0.120. The number of primary sulfonamides is 1. The molecule has 4 N–H and O–H groups in total. The number of carbonyl (C=O) groups is 2. The number of sulfonamides is 2. The van der Waals surface area contributed by atoms with Gasteiger partial charge in [-0.25, -0.2) is 18.2 Å². The molecule has 1 amide bonds. The normalized spacial score (nSPS) is 24.8. The van der Waals surface area contributed by atoms with Crippen LogP contribution in [-0.4, -0.2) is 43.6 Å². The Kier molecular flexibility index (Phi) is 5.76. The summed E-state index contributed by atoms with van der Waals surface area (Å²) < 4.78 is 52.2. The monoisotopic (exact) mass is 513 g/mol. The second-order valence-electron chi connectivity index (χ2n) is 7.74. The van der Waals surface area contributed by atoms with Gasteiger partial charge in [0.15, 0.2) is 0 Å². The van der Waals surface area contributed by atoms with E-state index in [-0.39, 0.29) is 21.5 Å². The number of carboxylic acid groups (broad SMARTS) is 1. The number of hydrogen-bond acceptors (Lipinski definition) is 8. The number of hydrogen-bond donors (Lipinski definition) is 3. The Hall–Kier alpha value is -2.88. The number of aromatic nitrogens is 2. The van der Waals surface area contributed by atoms with Crippen LogP contribution in [0.5, 0.6) is 0 Å². The standard InChI is InChI=1S/C18H19N5O7S3/c1-23-17(31-18(21-23)32(19,27)28)22-33(29,30)12-6-4-11(5-7-12)20-15(24)13-9-2-3-10(8-9)14(13)16(25)26/h2-7,9-10,13-14H,8H2,1H3,(H,20,24)(H,25,26)(H2,19,27,28)/b22-17+/t9?,10?,13-,14+/m1/s1. The summed E-state index contributed by atoms with van der Waals surface area (Å²) in [5.41, 5.74) is 0.301. The van der Waals surface area contributed by atoms with Gasteiger partial charge < -0.3 is 10.4 Å². The van der Waals surface area contributed by atoms with Crippen LogP contribution in [0.25, 0.3) is 0 Å². The van der Waals surface area contributed by atoms with Crippen LogP contribution in [0.2, 0.25) is 0 Å². The summed E-state index contributed by atoms with van der Waals surface area (Å²) in [5.74, 6) is -3.25. The Morgan fingerprint density at radius 3 is 2.30 bits per heavy atom. The maximum atomic E-state index is 12.8. The summed E-state index contributed by atoms with van der Waals surface area (Å²) in [6.45, 7) is 0. The number of nitrogens with one attached hydrogen (secondary N) is 1. The molecule has 0 saturated heterocycles. The Morgan fingerprint density at radius 1 is 1.15 bits per heavy atom. The molecule has 0 aliphatic heterocycles. The molecule has 1 saturated carbocycles. The number of nitrogens with two attached hydrogens (primary N) is 1. The highest BCUT2D eigenvalue weighted by molar-refractivity contribution is 7.91. The molecule has 12 nitrogen and oxygen atoms in total. The van der Waals surface area contributed by atoms with Gasteiger partial charge in [-0.2, -0.15) is 8.42 Å². The molecule has 15 heteroatoms. The minimum Gasteiger partial charge on any atom is -0.481 e. The van der Waals surface area contributed by atoms with E-state index in [4.69, 9.17) is 5.14 Å². The lowest BCUT2D eigenvalue weighted by Crippen LogP contribution is -2.36. The van der Waals surface area contributed by atoms with Gasteiger partial charge in [0.1, 0.15) is 0 Å². The molecule has 33 heavy (non-hydrogen) atoms. The van der Waals surface area contributed by atoms with Crippen LogP contribution in [0.3, 0.4) is 0 Å². The fourth-order valence-corrected chi connectivity index (χ4v) is 6.90. The molecule has 0 spiro atoms. The van der Waals surface area contributed by atoms with Crippen LogP contribution in [0.1, 0.15) is 6.42 Å². The third-order valence-electron chi connectivity index (χ3n) is 5.60. The van der Waals surface area contributed by atoms with E-state index in [1.807, 2.05) is 12.2 Å². The molecule has 176 valence electrons. The largest absolute Gasteiger partial charge is 0.481 e. The van der Waals surface area contributed by atoms with Gasteiger partial charge in [-0.15, -0.1) is 9.50 Å². The van der Waals surface area contributed by atoms with Crippen molar-refractivity contribution in [1.82, 2.24) is 9.78 Å². The summed E-state index contributed by atoms with van der Waals surface area (Å²) in [6.07, 6.45) is 4.33. The number of carbonyl (C=O) groups excluding carboxylic acids is 1. The zero-order chi connectivity index (χ0) is 24.1. The second-order valence-corrected chi connectivity index (χ2v) is 12.0. The van der Waals surface area contributed by atoms with Gasteiger partial charge in [-0.1, -0.05) is 23.5 Å². The van der Waals surface area contributed by atoms with Crippen molar-refractivity contribution >= 4 is 48.9 Å². The van der Waals surface area contributed by atoms with Gasteiger partial charge in [0.05, 0.1) is 16.7 Å². The molecule has 1 aromatic heterocycles. The maximum absolute atomic E-state index is 12.8. The molecular weight excluding hydrogens is 494 g/mol. The summed E-state index contributed by atoms with van der Waals surface area (Å²) in [7, 11) is -7.00. The number of benzene rings is 1. The van der Waals surface area contributed by atoms with Crippen LogP contribution in [-0.2, 0) is 36.7 Å². The predicted molar refractivity (Wildman–Crippen MR) is 116 cm³/mol. The molecule has 1 fully saturated rings. The molecular formula is C18H19N5O7S3. The van der Waals surface area contributed by atoms with Crippen molar-refractivity contribution in [2.24, 2.45) is 40.3 Å². The number of amides is 1. The first-order valence-corrected chi connectivity index (χ1v) is 13.4. The minimum atomic E-state index is -4.22. The quantitative estimate of drug-likeness (QED) is 0.445. The average molecular weight is 514 g/mol. The lowest BCUT2D eigenvalue weighted by Gasteiger charge is -2.23. The zero-order valence-electron chi connectivity index (χ0n) is 17.0. The van der Waals surface area contributed by atoms with Gasteiger partial charge >= 0.3 is 5.97 Å². The smallest absolute Gasteiger partial charge is 0.307 e. The van der Waals surface area contributed by atoms with Crippen molar-refractivity contribution in [2.45, 2.75) is 15.7 Å². The number of allylic oxidation sites excluding steroid dienone is 2. The number of fused-ring (bicyclic) bond motifs is 2. The number of nitrogens with zero attached hydrogens (tertiary/aromatic N) is 3. The highest BCUT2D eigenvalue weighted by atomic mass is 32.2. The Balaban J connectivity index is 1.54. The molecule has 2 aliphatic rings. The summed E-state index contributed by atoms with van der Waals surface area (Å²) in [4.78, 5) is 24.0. The van der Waals surface area contributed by atoms with E-state index in [1.54, 1.807) is 0 Å². The molecule has 0 radical (unpaired) electrons. The Labute approximate surface area is 192 Å². The van der Waals surface area contributed by atoms with Gasteiger partial charge in [0.2, 0.25) is 15.0 Å². The summed E-state index contributed by atoms with van der Waals surface area (Å²) in [6, 6.07) is 5.18. The number of aryl methyl sites for hydroxylation is 1. The van der Waals surface area contributed by atoms with Crippen LogP contribution < -0.4 is 15.3 Å². The molecule has 2 unspecified atom stereocenters. The SMILES string of the molecule is Cn1nc(S(N)(=O)=O)s/c1=N/S(=O)(=O)c1ccc(NC(=O)[C@@H]2C3C=CC(C3)[C@@H]2C(=O)O)cc1. The van der Waals surface area contributed by atoms with Gasteiger partial charge in [0.25, 0.3) is 20.0 Å². The highest BCUT2D eigenvalue weighted by Gasteiger charge is 2.51. The Bertz CT molecular complexity index is 1440. The van der Waals surface area contributed by atoms with E-state index in [9.17, 15) is 31.5 Å². The summed E-state index contributed by atoms with van der Waals surface area (Å²) >= 11 is 0.505. The number of aliphatic carboxylic acids is 1. The first-order chi connectivity index (χ1) is 15.4. The summed E-state index contributed by atoms with van der Waals surface area (Å²) in [5, 5.41) is 20.8. The van der Waals surface area contributed by atoms with E-state index in [1.165, 1.54) is 31.3 Å². The van der Waals surface area contributed by atoms with Crippen molar-refractivity contribution in [3.05, 3.63) is 41.2 Å². The average Bonchev–Trinajstić information content (AvgIpc) is 3.42. The molecule has 1 heterocycles.